The summed E-state index contributed by atoms with van der Waals surface area (Å²) in [4.78, 5) is 2.51. The van der Waals surface area contributed by atoms with Crippen molar-refractivity contribution in [1.29, 1.82) is 0 Å². The van der Waals surface area contributed by atoms with Gasteiger partial charge in [-0.15, -0.1) is 0 Å². The highest BCUT2D eigenvalue weighted by Gasteiger charge is 2.20. The van der Waals surface area contributed by atoms with E-state index in [-0.39, 0.29) is 0 Å². The van der Waals surface area contributed by atoms with Crippen molar-refractivity contribution in [1.82, 2.24) is 10.2 Å². The second kappa shape index (κ2) is 6.76. The lowest BCUT2D eigenvalue weighted by molar-refractivity contribution is 0.174. The van der Waals surface area contributed by atoms with Crippen LogP contribution in [-0.4, -0.2) is 43.7 Å². The Balaban J connectivity index is 1.76. The van der Waals surface area contributed by atoms with Gasteiger partial charge in [0.05, 0.1) is 0 Å². The molecule has 1 heterocycles. The number of hydrogen-bond donors (Lipinski definition) is 1. The Bertz CT molecular complexity index is 361. The van der Waals surface area contributed by atoms with Crippen molar-refractivity contribution in [2.24, 2.45) is 0 Å². The maximum atomic E-state index is 5.82. The SMILES string of the molecule is CCN(CCOc1cccc(C)c1)C1CCNC1. The van der Waals surface area contributed by atoms with Crippen molar-refractivity contribution < 1.29 is 4.74 Å². The number of benzene rings is 1. The summed E-state index contributed by atoms with van der Waals surface area (Å²) in [5.41, 5.74) is 1.25. The fourth-order valence-corrected chi connectivity index (χ4v) is 2.54. The molecule has 100 valence electrons. The molecule has 3 heteroatoms. The van der Waals surface area contributed by atoms with Crippen LogP contribution >= 0.6 is 0 Å². The standard InChI is InChI=1S/C15H24N2O/c1-3-17(14-7-8-16-12-14)9-10-18-15-6-4-5-13(2)11-15/h4-6,11,14,16H,3,7-10,12H2,1-2H3. The van der Waals surface area contributed by atoms with Crippen LogP contribution in [0.15, 0.2) is 24.3 Å². The van der Waals surface area contributed by atoms with Gasteiger partial charge in [-0.05, 0) is 44.1 Å². The van der Waals surface area contributed by atoms with Crippen LogP contribution in [0.4, 0.5) is 0 Å². The lowest BCUT2D eigenvalue weighted by Crippen LogP contribution is -2.39. The summed E-state index contributed by atoms with van der Waals surface area (Å²) in [6, 6.07) is 8.95. The molecule has 1 unspecified atom stereocenters. The van der Waals surface area contributed by atoms with E-state index in [0.717, 1.165) is 38.5 Å². The molecule has 0 aliphatic carbocycles. The van der Waals surface area contributed by atoms with Gasteiger partial charge in [0.1, 0.15) is 12.4 Å². The van der Waals surface area contributed by atoms with Gasteiger partial charge in [0.25, 0.3) is 0 Å². The monoisotopic (exact) mass is 248 g/mol. The predicted octanol–water partition coefficient (Wildman–Crippen LogP) is 2.06. The first kappa shape index (κ1) is 13.4. The average Bonchev–Trinajstić information content (AvgIpc) is 2.88. The molecule has 0 aromatic heterocycles. The molecule has 1 aliphatic heterocycles. The van der Waals surface area contributed by atoms with Gasteiger partial charge in [-0.3, -0.25) is 4.90 Å². The van der Waals surface area contributed by atoms with Crippen LogP contribution in [-0.2, 0) is 0 Å². The molecule has 18 heavy (non-hydrogen) atoms. The number of nitrogens with zero attached hydrogens (tertiary/aromatic N) is 1. The minimum Gasteiger partial charge on any atom is -0.492 e. The number of hydrogen-bond acceptors (Lipinski definition) is 3. The lowest BCUT2D eigenvalue weighted by atomic mass is 10.2. The van der Waals surface area contributed by atoms with Gasteiger partial charge in [0.15, 0.2) is 0 Å². The summed E-state index contributed by atoms with van der Waals surface area (Å²) in [6.45, 7) is 9.48. The Hall–Kier alpha value is -1.06. The van der Waals surface area contributed by atoms with Crippen molar-refractivity contribution in [3.8, 4) is 5.75 Å². The van der Waals surface area contributed by atoms with E-state index in [1.54, 1.807) is 0 Å². The summed E-state index contributed by atoms with van der Waals surface area (Å²) in [5.74, 6) is 0.982. The predicted molar refractivity (Wildman–Crippen MR) is 75.2 cm³/mol. The Morgan fingerprint density at radius 2 is 2.33 bits per heavy atom. The third kappa shape index (κ3) is 3.72. The fourth-order valence-electron chi connectivity index (χ4n) is 2.54. The second-order valence-electron chi connectivity index (χ2n) is 4.94. The molecule has 0 bridgehead atoms. The smallest absolute Gasteiger partial charge is 0.119 e. The summed E-state index contributed by atoms with van der Waals surface area (Å²) in [5, 5.41) is 3.42. The van der Waals surface area contributed by atoms with Gasteiger partial charge in [0, 0.05) is 19.1 Å². The van der Waals surface area contributed by atoms with E-state index in [1.165, 1.54) is 12.0 Å². The van der Waals surface area contributed by atoms with Crippen LogP contribution in [0, 0.1) is 6.92 Å². The zero-order valence-corrected chi connectivity index (χ0v) is 11.5. The first-order valence-corrected chi connectivity index (χ1v) is 6.94. The maximum absolute atomic E-state index is 5.82. The molecular formula is C15H24N2O. The van der Waals surface area contributed by atoms with E-state index in [9.17, 15) is 0 Å². The summed E-state index contributed by atoms with van der Waals surface area (Å²) in [7, 11) is 0. The topological polar surface area (TPSA) is 24.5 Å². The molecule has 1 atom stereocenters. The van der Waals surface area contributed by atoms with E-state index in [2.05, 4.69) is 36.2 Å². The molecule has 0 radical (unpaired) electrons. The maximum Gasteiger partial charge on any atom is 0.119 e. The van der Waals surface area contributed by atoms with Gasteiger partial charge in [-0.2, -0.15) is 0 Å². The highest BCUT2D eigenvalue weighted by atomic mass is 16.5. The molecule has 2 rings (SSSR count). The summed E-state index contributed by atoms with van der Waals surface area (Å²) in [6.07, 6.45) is 1.26. The highest BCUT2D eigenvalue weighted by Crippen LogP contribution is 2.13. The molecule has 1 aromatic carbocycles. The quantitative estimate of drug-likeness (QED) is 0.834. The van der Waals surface area contributed by atoms with E-state index in [0.29, 0.717) is 6.04 Å². The van der Waals surface area contributed by atoms with Crippen LogP contribution in [0.1, 0.15) is 18.9 Å². The van der Waals surface area contributed by atoms with Crippen LogP contribution < -0.4 is 10.1 Å². The second-order valence-corrected chi connectivity index (χ2v) is 4.94. The van der Waals surface area contributed by atoms with Gasteiger partial charge < -0.3 is 10.1 Å². The van der Waals surface area contributed by atoms with Gasteiger partial charge in [-0.25, -0.2) is 0 Å². The summed E-state index contributed by atoms with van der Waals surface area (Å²) >= 11 is 0. The van der Waals surface area contributed by atoms with Crippen molar-refractivity contribution in [3.63, 3.8) is 0 Å². The Kier molecular flexibility index (Phi) is 5.02. The van der Waals surface area contributed by atoms with Crippen molar-refractivity contribution in [3.05, 3.63) is 29.8 Å². The average molecular weight is 248 g/mol. The zero-order chi connectivity index (χ0) is 12.8. The number of ether oxygens (including phenoxy) is 1. The molecule has 1 saturated heterocycles. The highest BCUT2D eigenvalue weighted by molar-refractivity contribution is 5.27. The van der Waals surface area contributed by atoms with Crippen LogP contribution in [0.25, 0.3) is 0 Å². The van der Waals surface area contributed by atoms with Crippen LogP contribution in [0.2, 0.25) is 0 Å². The third-order valence-corrected chi connectivity index (χ3v) is 3.59. The molecule has 1 aromatic rings. The van der Waals surface area contributed by atoms with Crippen LogP contribution in [0.3, 0.4) is 0 Å². The fraction of sp³-hybridized carbons (Fsp3) is 0.600. The number of aryl methyl sites for hydroxylation is 1. The van der Waals surface area contributed by atoms with Gasteiger partial charge in [0.2, 0.25) is 0 Å². The van der Waals surface area contributed by atoms with Crippen molar-refractivity contribution in [2.75, 3.05) is 32.8 Å². The minimum atomic E-state index is 0.691. The third-order valence-electron chi connectivity index (χ3n) is 3.59. The van der Waals surface area contributed by atoms with E-state index in [1.807, 2.05) is 12.1 Å². The van der Waals surface area contributed by atoms with Gasteiger partial charge >= 0.3 is 0 Å². The molecular weight excluding hydrogens is 224 g/mol. The van der Waals surface area contributed by atoms with Crippen molar-refractivity contribution >= 4 is 0 Å². The Morgan fingerprint density at radius 3 is 3.00 bits per heavy atom. The molecule has 0 saturated carbocycles. The van der Waals surface area contributed by atoms with E-state index >= 15 is 0 Å². The number of likely N-dealkylation sites (N-methyl/N-ethyl adjacent to an activating group) is 1. The molecule has 1 fully saturated rings. The first-order chi connectivity index (χ1) is 8.79. The number of rotatable bonds is 6. The Morgan fingerprint density at radius 1 is 1.44 bits per heavy atom. The van der Waals surface area contributed by atoms with Gasteiger partial charge in [-0.1, -0.05) is 19.1 Å². The largest absolute Gasteiger partial charge is 0.492 e. The molecule has 1 aliphatic rings. The molecule has 0 spiro atoms. The normalized spacial score (nSPS) is 19.4. The van der Waals surface area contributed by atoms with Crippen LogP contribution in [0.5, 0.6) is 5.75 Å². The zero-order valence-electron chi connectivity index (χ0n) is 11.5. The minimum absolute atomic E-state index is 0.691. The van der Waals surface area contributed by atoms with E-state index in [4.69, 9.17) is 4.74 Å². The van der Waals surface area contributed by atoms with E-state index < -0.39 is 0 Å². The van der Waals surface area contributed by atoms with Crippen molar-refractivity contribution in [2.45, 2.75) is 26.3 Å². The molecule has 3 nitrogen and oxygen atoms in total. The Labute approximate surface area is 110 Å². The lowest BCUT2D eigenvalue weighted by Gasteiger charge is -2.26. The summed E-state index contributed by atoms with van der Waals surface area (Å²) < 4.78 is 5.82. The molecule has 0 amide bonds. The molecule has 1 N–H and O–H groups in total. The first-order valence-electron chi connectivity index (χ1n) is 6.94. The number of nitrogens with one attached hydrogen (secondary N) is 1.